The highest BCUT2D eigenvalue weighted by molar-refractivity contribution is 5.95. The van der Waals surface area contributed by atoms with Crippen LogP contribution in [0.4, 0.5) is 0 Å². The molecular weight excluding hydrogens is 202 g/mol. The summed E-state index contributed by atoms with van der Waals surface area (Å²) >= 11 is 0. The fourth-order valence-corrected chi connectivity index (χ4v) is 1.75. The van der Waals surface area contributed by atoms with Crippen LogP contribution in [0.15, 0.2) is 24.3 Å². The number of carbonyl (C=O) groups excluding carboxylic acids is 1. The number of ether oxygens (including phenoxy) is 1. The van der Waals surface area contributed by atoms with E-state index in [-0.39, 0.29) is 5.97 Å². The van der Waals surface area contributed by atoms with Gasteiger partial charge in [0.1, 0.15) is 0 Å². The number of aryl methyl sites for hydroxylation is 2. The standard InChI is InChI=1S/C13H13NO2/c1-8-6-11(13(15)16-3)7-10-5-4-9(2)14-12(8)10/h4-7H,1-3H3. The first-order chi connectivity index (χ1) is 7.61. The SMILES string of the molecule is COC(=O)c1cc(C)c2nc(C)ccc2c1. The average molecular weight is 215 g/mol. The fraction of sp³-hybridized carbons (Fsp3) is 0.231. The smallest absolute Gasteiger partial charge is 0.337 e. The van der Waals surface area contributed by atoms with Crippen molar-refractivity contribution < 1.29 is 9.53 Å². The van der Waals surface area contributed by atoms with Crippen molar-refractivity contribution in [2.75, 3.05) is 7.11 Å². The molecule has 0 atom stereocenters. The summed E-state index contributed by atoms with van der Waals surface area (Å²) in [7, 11) is 1.38. The highest BCUT2D eigenvalue weighted by Crippen LogP contribution is 2.19. The zero-order valence-corrected chi connectivity index (χ0v) is 9.57. The molecule has 0 bridgehead atoms. The molecule has 1 aromatic heterocycles. The Balaban J connectivity index is 2.68. The van der Waals surface area contributed by atoms with Crippen LogP contribution in [-0.2, 0) is 4.74 Å². The number of aromatic nitrogens is 1. The third kappa shape index (κ3) is 1.76. The minimum atomic E-state index is -0.314. The van der Waals surface area contributed by atoms with E-state index in [1.807, 2.05) is 26.0 Å². The Labute approximate surface area is 94.1 Å². The van der Waals surface area contributed by atoms with Crippen LogP contribution in [0, 0.1) is 13.8 Å². The molecule has 0 unspecified atom stereocenters. The molecule has 0 amide bonds. The first kappa shape index (κ1) is 10.6. The maximum atomic E-state index is 11.4. The molecule has 2 rings (SSSR count). The summed E-state index contributed by atoms with van der Waals surface area (Å²) in [5.74, 6) is -0.314. The lowest BCUT2D eigenvalue weighted by Crippen LogP contribution is -2.02. The molecule has 0 saturated heterocycles. The number of pyridine rings is 1. The fourth-order valence-electron chi connectivity index (χ4n) is 1.75. The van der Waals surface area contributed by atoms with Crippen LogP contribution in [0.1, 0.15) is 21.6 Å². The lowest BCUT2D eigenvalue weighted by atomic mass is 10.1. The minimum Gasteiger partial charge on any atom is -0.465 e. The van der Waals surface area contributed by atoms with E-state index in [9.17, 15) is 4.79 Å². The molecule has 0 aliphatic heterocycles. The summed E-state index contributed by atoms with van der Waals surface area (Å²) in [6, 6.07) is 7.52. The molecule has 3 nitrogen and oxygen atoms in total. The summed E-state index contributed by atoms with van der Waals surface area (Å²) in [5, 5.41) is 0.964. The monoisotopic (exact) mass is 215 g/mol. The number of esters is 1. The van der Waals surface area contributed by atoms with Gasteiger partial charge in [-0.05, 0) is 37.6 Å². The van der Waals surface area contributed by atoms with Crippen molar-refractivity contribution in [3.63, 3.8) is 0 Å². The van der Waals surface area contributed by atoms with Gasteiger partial charge in [-0.2, -0.15) is 0 Å². The van der Waals surface area contributed by atoms with Gasteiger partial charge in [0.05, 0.1) is 18.2 Å². The summed E-state index contributed by atoms with van der Waals surface area (Å²) in [4.78, 5) is 15.9. The van der Waals surface area contributed by atoms with Gasteiger partial charge >= 0.3 is 5.97 Å². The molecule has 82 valence electrons. The topological polar surface area (TPSA) is 39.2 Å². The van der Waals surface area contributed by atoms with Crippen LogP contribution in [0.5, 0.6) is 0 Å². The van der Waals surface area contributed by atoms with E-state index < -0.39 is 0 Å². The van der Waals surface area contributed by atoms with Gasteiger partial charge in [0, 0.05) is 11.1 Å². The van der Waals surface area contributed by atoms with Gasteiger partial charge in [0.15, 0.2) is 0 Å². The molecule has 1 aromatic carbocycles. The number of hydrogen-bond acceptors (Lipinski definition) is 3. The number of rotatable bonds is 1. The summed E-state index contributed by atoms with van der Waals surface area (Å²) in [6.45, 7) is 3.90. The van der Waals surface area contributed by atoms with E-state index in [4.69, 9.17) is 4.74 Å². The van der Waals surface area contributed by atoms with Crippen LogP contribution in [0.25, 0.3) is 10.9 Å². The quantitative estimate of drug-likeness (QED) is 0.686. The molecular formula is C13H13NO2. The first-order valence-corrected chi connectivity index (χ1v) is 5.08. The molecule has 0 aliphatic carbocycles. The third-order valence-corrected chi connectivity index (χ3v) is 2.54. The van der Waals surface area contributed by atoms with Gasteiger partial charge in [-0.3, -0.25) is 4.98 Å². The van der Waals surface area contributed by atoms with Crippen LogP contribution < -0.4 is 0 Å². The predicted octanol–water partition coefficient (Wildman–Crippen LogP) is 2.64. The van der Waals surface area contributed by atoms with Gasteiger partial charge in [-0.15, -0.1) is 0 Å². The van der Waals surface area contributed by atoms with Crippen molar-refractivity contribution in [2.24, 2.45) is 0 Å². The van der Waals surface area contributed by atoms with Gasteiger partial charge in [0.2, 0.25) is 0 Å². The Morgan fingerprint density at radius 3 is 2.69 bits per heavy atom. The highest BCUT2D eigenvalue weighted by atomic mass is 16.5. The van der Waals surface area contributed by atoms with Gasteiger partial charge in [-0.1, -0.05) is 6.07 Å². The third-order valence-electron chi connectivity index (χ3n) is 2.54. The molecule has 0 saturated carbocycles. The number of hydrogen-bond donors (Lipinski definition) is 0. The zero-order valence-electron chi connectivity index (χ0n) is 9.57. The Morgan fingerprint density at radius 2 is 2.00 bits per heavy atom. The second-order valence-electron chi connectivity index (χ2n) is 3.81. The maximum absolute atomic E-state index is 11.4. The van der Waals surface area contributed by atoms with Crippen molar-refractivity contribution >= 4 is 16.9 Å². The number of methoxy groups -OCH3 is 1. The molecule has 0 aliphatic rings. The van der Waals surface area contributed by atoms with Crippen molar-refractivity contribution in [2.45, 2.75) is 13.8 Å². The average Bonchev–Trinajstić information content (AvgIpc) is 2.28. The van der Waals surface area contributed by atoms with Crippen molar-refractivity contribution in [1.29, 1.82) is 0 Å². The van der Waals surface area contributed by atoms with Crippen LogP contribution in [0.2, 0.25) is 0 Å². The van der Waals surface area contributed by atoms with Gasteiger partial charge in [0.25, 0.3) is 0 Å². The van der Waals surface area contributed by atoms with E-state index in [2.05, 4.69) is 4.98 Å². The van der Waals surface area contributed by atoms with Crippen molar-refractivity contribution in [3.05, 3.63) is 41.1 Å². The second kappa shape index (κ2) is 3.93. The van der Waals surface area contributed by atoms with Gasteiger partial charge in [-0.25, -0.2) is 4.79 Å². The summed E-state index contributed by atoms with van der Waals surface area (Å²) in [5.41, 5.74) is 3.47. The molecule has 2 aromatic rings. The molecule has 0 fully saturated rings. The minimum absolute atomic E-state index is 0.314. The van der Waals surface area contributed by atoms with Gasteiger partial charge < -0.3 is 4.74 Å². The Hall–Kier alpha value is -1.90. The maximum Gasteiger partial charge on any atom is 0.337 e. The molecule has 0 radical (unpaired) electrons. The largest absolute Gasteiger partial charge is 0.465 e. The second-order valence-corrected chi connectivity index (χ2v) is 3.81. The Bertz CT molecular complexity index is 561. The lowest BCUT2D eigenvalue weighted by molar-refractivity contribution is 0.0601. The van der Waals surface area contributed by atoms with E-state index >= 15 is 0 Å². The van der Waals surface area contributed by atoms with E-state index in [0.29, 0.717) is 5.56 Å². The highest BCUT2D eigenvalue weighted by Gasteiger charge is 2.09. The van der Waals surface area contributed by atoms with Crippen LogP contribution in [-0.4, -0.2) is 18.1 Å². The predicted molar refractivity (Wildman–Crippen MR) is 62.6 cm³/mol. The summed E-state index contributed by atoms with van der Waals surface area (Å²) in [6.07, 6.45) is 0. The number of carbonyl (C=O) groups is 1. The van der Waals surface area contributed by atoms with E-state index in [1.165, 1.54) is 7.11 Å². The number of fused-ring (bicyclic) bond motifs is 1. The molecule has 3 heteroatoms. The van der Waals surface area contributed by atoms with E-state index in [1.54, 1.807) is 12.1 Å². The lowest BCUT2D eigenvalue weighted by Gasteiger charge is -2.05. The van der Waals surface area contributed by atoms with E-state index in [0.717, 1.165) is 22.2 Å². The Morgan fingerprint density at radius 1 is 1.25 bits per heavy atom. The van der Waals surface area contributed by atoms with Crippen molar-refractivity contribution in [3.8, 4) is 0 Å². The molecule has 16 heavy (non-hydrogen) atoms. The molecule has 0 spiro atoms. The molecule has 1 heterocycles. The molecule has 0 N–H and O–H groups in total. The first-order valence-electron chi connectivity index (χ1n) is 5.08. The normalized spacial score (nSPS) is 10.4. The zero-order chi connectivity index (χ0) is 11.7. The Kier molecular flexibility index (Phi) is 2.60. The summed E-state index contributed by atoms with van der Waals surface area (Å²) < 4.78 is 4.70. The van der Waals surface area contributed by atoms with Crippen LogP contribution in [0.3, 0.4) is 0 Å². The number of nitrogens with zero attached hydrogens (tertiary/aromatic N) is 1. The number of benzene rings is 1. The van der Waals surface area contributed by atoms with Crippen molar-refractivity contribution in [1.82, 2.24) is 4.98 Å². The van der Waals surface area contributed by atoms with Crippen LogP contribution >= 0.6 is 0 Å².